The molecule has 0 aliphatic heterocycles. The minimum atomic E-state index is -0.972. The van der Waals surface area contributed by atoms with Gasteiger partial charge in [-0.15, -0.1) is 0 Å². The summed E-state index contributed by atoms with van der Waals surface area (Å²) in [6.07, 6.45) is 2.54. The molecular weight excluding hydrogens is 370 g/mol. The summed E-state index contributed by atoms with van der Waals surface area (Å²) in [4.78, 5) is 24.1. The first kappa shape index (κ1) is 23.9. The quantitative estimate of drug-likeness (QED) is 0.431. The Balaban J connectivity index is 0.000000273. The molecule has 0 radical (unpaired) electrons. The molecule has 3 aromatic rings. The number of nitrogens with two attached hydrogens (primary N) is 2. The predicted octanol–water partition coefficient (Wildman–Crippen LogP) is 2.79. The first-order chi connectivity index (χ1) is 13.9. The van der Waals surface area contributed by atoms with Crippen molar-refractivity contribution in [2.24, 2.45) is 11.5 Å². The van der Waals surface area contributed by atoms with Gasteiger partial charge in [0.05, 0.1) is 0 Å². The van der Waals surface area contributed by atoms with Crippen LogP contribution in [0, 0.1) is 0 Å². The van der Waals surface area contributed by atoms with E-state index >= 15 is 0 Å². The molecular formula is C22H29N3O4. The fraction of sp³-hybridized carbons (Fsp3) is 0.273. The van der Waals surface area contributed by atoms with Gasteiger partial charge in [-0.05, 0) is 23.6 Å². The Kier molecular flexibility index (Phi) is 10.2. The van der Waals surface area contributed by atoms with E-state index in [1.807, 2.05) is 74.6 Å². The Bertz CT molecular complexity index is 893. The molecule has 0 aliphatic rings. The molecule has 156 valence electrons. The van der Waals surface area contributed by atoms with E-state index in [0.717, 1.165) is 22.0 Å². The number of carboxylic acids is 2. The largest absolute Gasteiger partial charge is 0.480 e. The molecule has 3 rings (SSSR count). The minimum absolute atomic E-state index is 0.347. The van der Waals surface area contributed by atoms with Gasteiger partial charge in [0.15, 0.2) is 0 Å². The van der Waals surface area contributed by atoms with E-state index in [9.17, 15) is 9.59 Å². The van der Waals surface area contributed by atoms with E-state index in [2.05, 4.69) is 4.98 Å². The zero-order valence-electron chi connectivity index (χ0n) is 16.7. The highest BCUT2D eigenvalue weighted by atomic mass is 16.4. The summed E-state index contributed by atoms with van der Waals surface area (Å²) >= 11 is 0. The van der Waals surface area contributed by atoms with Crippen LogP contribution >= 0.6 is 0 Å². The molecule has 7 N–H and O–H groups in total. The molecule has 29 heavy (non-hydrogen) atoms. The van der Waals surface area contributed by atoms with E-state index in [1.54, 1.807) is 0 Å². The molecule has 0 saturated carbocycles. The number of aliphatic carboxylic acids is 2. The number of aromatic amines is 1. The Labute approximate surface area is 170 Å². The van der Waals surface area contributed by atoms with Crippen molar-refractivity contribution in [2.45, 2.75) is 38.8 Å². The van der Waals surface area contributed by atoms with Crippen LogP contribution in [0.25, 0.3) is 10.9 Å². The van der Waals surface area contributed by atoms with Crippen LogP contribution in [0.2, 0.25) is 0 Å². The topological polar surface area (TPSA) is 142 Å². The Hall–Kier alpha value is -3.16. The van der Waals surface area contributed by atoms with Gasteiger partial charge in [-0.25, -0.2) is 0 Å². The highest BCUT2D eigenvalue weighted by molar-refractivity contribution is 5.84. The monoisotopic (exact) mass is 399 g/mol. The summed E-state index contributed by atoms with van der Waals surface area (Å²) in [5.74, 6) is -1.93. The molecule has 0 spiro atoms. The van der Waals surface area contributed by atoms with E-state index in [1.165, 1.54) is 0 Å². The number of nitrogens with one attached hydrogen (secondary N) is 1. The SMILES string of the molecule is CC.N[C@@H](Cc1c[nH]c2ccccc12)C(=O)O.N[C@@H](Cc1ccccc1)C(=O)O. The third kappa shape index (κ3) is 7.77. The van der Waals surface area contributed by atoms with Gasteiger partial charge in [-0.3, -0.25) is 9.59 Å². The number of aromatic nitrogens is 1. The number of rotatable bonds is 6. The van der Waals surface area contributed by atoms with Crippen molar-refractivity contribution in [3.05, 3.63) is 71.9 Å². The average molecular weight is 399 g/mol. The lowest BCUT2D eigenvalue weighted by Gasteiger charge is -2.04. The average Bonchev–Trinajstić information content (AvgIpc) is 3.13. The predicted molar refractivity (Wildman–Crippen MR) is 115 cm³/mol. The second-order valence-electron chi connectivity index (χ2n) is 6.14. The van der Waals surface area contributed by atoms with Crippen molar-refractivity contribution in [1.29, 1.82) is 0 Å². The molecule has 1 heterocycles. The molecule has 0 amide bonds. The summed E-state index contributed by atoms with van der Waals surface area (Å²) in [7, 11) is 0. The maximum Gasteiger partial charge on any atom is 0.320 e. The second-order valence-corrected chi connectivity index (χ2v) is 6.14. The normalized spacial score (nSPS) is 12.0. The molecule has 2 aromatic carbocycles. The Morgan fingerprint density at radius 2 is 1.38 bits per heavy atom. The fourth-order valence-corrected chi connectivity index (χ4v) is 2.58. The third-order valence-electron chi connectivity index (χ3n) is 4.05. The molecule has 0 aliphatic carbocycles. The lowest BCUT2D eigenvalue weighted by atomic mass is 10.1. The smallest absolute Gasteiger partial charge is 0.320 e. The van der Waals surface area contributed by atoms with E-state index in [0.29, 0.717) is 12.8 Å². The van der Waals surface area contributed by atoms with E-state index in [-0.39, 0.29) is 0 Å². The maximum absolute atomic E-state index is 10.6. The van der Waals surface area contributed by atoms with Crippen LogP contribution in [0.3, 0.4) is 0 Å². The first-order valence-electron chi connectivity index (χ1n) is 9.44. The van der Waals surface area contributed by atoms with Gasteiger partial charge in [0.2, 0.25) is 0 Å². The summed E-state index contributed by atoms with van der Waals surface area (Å²) in [6, 6.07) is 15.5. The molecule has 7 heteroatoms. The summed E-state index contributed by atoms with van der Waals surface area (Å²) in [5, 5.41) is 18.3. The van der Waals surface area contributed by atoms with Crippen molar-refractivity contribution >= 4 is 22.8 Å². The highest BCUT2D eigenvalue weighted by Gasteiger charge is 2.14. The number of hydrogen-bond acceptors (Lipinski definition) is 4. The lowest BCUT2D eigenvalue weighted by Crippen LogP contribution is -2.32. The summed E-state index contributed by atoms with van der Waals surface area (Å²) in [6.45, 7) is 4.00. The van der Waals surface area contributed by atoms with Crippen LogP contribution in [-0.4, -0.2) is 39.2 Å². The summed E-state index contributed by atoms with van der Waals surface area (Å²) in [5.41, 5.74) is 13.7. The number of carbonyl (C=O) groups is 2. The van der Waals surface area contributed by atoms with Gasteiger partial charge in [0.1, 0.15) is 12.1 Å². The Morgan fingerprint density at radius 3 is 1.97 bits per heavy atom. The second kappa shape index (κ2) is 12.3. The van der Waals surface area contributed by atoms with Crippen molar-refractivity contribution < 1.29 is 19.8 Å². The molecule has 1 aromatic heterocycles. The number of H-pyrrole nitrogens is 1. The van der Waals surface area contributed by atoms with E-state index in [4.69, 9.17) is 21.7 Å². The molecule has 0 fully saturated rings. The zero-order chi connectivity index (χ0) is 21.8. The van der Waals surface area contributed by atoms with Crippen LogP contribution in [-0.2, 0) is 22.4 Å². The van der Waals surface area contributed by atoms with Gasteiger partial charge >= 0.3 is 11.9 Å². The van der Waals surface area contributed by atoms with Crippen LogP contribution < -0.4 is 11.5 Å². The number of para-hydroxylation sites is 1. The van der Waals surface area contributed by atoms with Crippen LogP contribution in [0.15, 0.2) is 60.8 Å². The molecule has 7 nitrogen and oxygen atoms in total. The van der Waals surface area contributed by atoms with Gasteiger partial charge in [-0.1, -0.05) is 62.4 Å². The third-order valence-corrected chi connectivity index (χ3v) is 4.05. The van der Waals surface area contributed by atoms with Gasteiger partial charge in [0.25, 0.3) is 0 Å². The minimum Gasteiger partial charge on any atom is -0.480 e. The number of hydrogen-bond donors (Lipinski definition) is 5. The molecule has 0 saturated heterocycles. The fourth-order valence-electron chi connectivity index (χ4n) is 2.58. The zero-order valence-corrected chi connectivity index (χ0v) is 16.7. The van der Waals surface area contributed by atoms with Crippen LogP contribution in [0.4, 0.5) is 0 Å². The lowest BCUT2D eigenvalue weighted by molar-refractivity contribution is -0.139. The first-order valence-corrected chi connectivity index (χ1v) is 9.44. The van der Waals surface area contributed by atoms with Crippen LogP contribution in [0.1, 0.15) is 25.0 Å². The highest BCUT2D eigenvalue weighted by Crippen LogP contribution is 2.18. The van der Waals surface area contributed by atoms with Crippen molar-refractivity contribution in [1.82, 2.24) is 4.98 Å². The molecule has 0 bridgehead atoms. The Morgan fingerprint density at radius 1 is 0.862 bits per heavy atom. The van der Waals surface area contributed by atoms with E-state index < -0.39 is 24.0 Å². The standard InChI is InChI=1S/C11H12N2O2.C9H11NO2.C2H6/c12-9(11(14)15)5-7-6-13-10-4-2-1-3-8(7)10;10-8(9(11)12)6-7-4-2-1-3-5-7;1-2/h1-4,6,9,13H,5,12H2,(H,14,15);1-5,8H,6,10H2,(H,11,12);1-2H3/t9-;8-;/m00./s1. The number of benzene rings is 2. The molecule has 2 atom stereocenters. The maximum atomic E-state index is 10.6. The van der Waals surface area contributed by atoms with Gasteiger partial charge in [-0.2, -0.15) is 0 Å². The van der Waals surface area contributed by atoms with Gasteiger partial charge < -0.3 is 26.7 Å². The van der Waals surface area contributed by atoms with Crippen molar-refractivity contribution in [3.8, 4) is 0 Å². The van der Waals surface area contributed by atoms with Crippen LogP contribution in [0.5, 0.6) is 0 Å². The van der Waals surface area contributed by atoms with Gasteiger partial charge in [0, 0.05) is 23.5 Å². The molecule has 0 unspecified atom stereocenters. The summed E-state index contributed by atoms with van der Waals surface area (Å²) < 4.78 is 0. The number of fused-ring (bicyclic) bond motifs is 1. The van der Waals surface area contributed by atoms with Crippen molar-refractivity contribution in [3.63, 3.8) is 0 Å². The number of carboxylic acid groups (broad SMARTS) is 2. The van der Waals surface area contributed by atoms with Crippen molar-refractivity contribution in [2.75, 3.05) is 0 Å².